The standard InChI is InChI=1S/C20H21ClN6O4/c1-26(12-6-11-2-4-22-17(21)14(11)7-12)5-3-13-9-27(20(29)31-13)15-8-23-19-18(24-15)25-16(28)10-30-19/h2,4,8,12-13H,3,5-7,9-10H2,1H3,(H,24,25,28). The highest BCUT2D eigenvalue weighted by atomic mass is 35.5. The predicted molar refractivity (Wildman–Crippen MR) is 111 cm³/mol. The van der Waals surface area contributed by atoms with Gasteiger partial charge in [-0.1, -0.05) is 11.6 Å². The quantitative estimate of drug-likeness (QED) is 0.693. The normalized spacial score (nSPS) is 22.1. The number of pyridine rings is 1. The maximum absolute atomic E-state index is 12.4. The molecular formula is C20H21ClN6O4. The average Bonchev–Trinajstić information content (AvgIpc) is 3.36. The molecule has 0 bridgehead atoms. The molecule has 2 aromatic heterocycles. The second kappa shape index (κ2) is 7.93. The number of nitrogens with zero attached hydrogens (tertiary/aromatic N) is 5. The Bertz CT molecular complexity index is 1050. The summed E-state index contributed by atoms with van der Waals surface area (Å²) < 4.78 is 10.7. The van der Waals surface area contributed by atoms with E-state index in [1.54, 1.807) is 6.20 Å². The zero-order valence-electron chi connectivity index (χ0n) is 16.9. The van der Waals surface area contributed by atoms with Crippen molar-refractivity contribution in [3.8, 4) is 5.88 Å². The van der Waals surface area contributed by atoms with Gasteiger partial charge in [-0.15, -0.1) is 0 Å². The molecule has 2 aromatic rings. The number of likely N-dealkylation sites (N-methyl/N-ethyl adjacent to an activating group) is 1. The summed E-state index contributed by atoms with van der Waals surface area (Å²) in [5.74, 6) is 0.453. The maximum atomic E-state index is 12.4. The number of aromatic nitrogens is 3. The molecule has 0 radical (unpaired) electrons. The zero-order valence-corrected chi connectivity index (χ0v) is 17.6. The largest absolute Gasteiger partial charge is 0.465 e. The van der Waals surface area contributed by atoms with Gasteiger partial charge in [0, 0.05) is 18.8 Å². The first-order valence-corrected chi connectivity index (χ1v) is 10.5. The fourth-order valence-corrected chi connectivity index (χ4v) is 4.42. The van der Waals surface area contributed by atoms with Crippen molar-refractivity contribution in [2.24, 2.45) is 0 Å². The summed E-state index contributed by atoms with van der Waals surface area (Å²) in [7, 11) is 2.07. The van der Waals surface area contributed by atoms with Crippen LogP contribution in [0.5, 0.6) is 5.88 Å². The molecule has 2 aliphatic heterocycles. The molecule has 31 heavy (non-hydrogen) atoms. The Kier molecular flexibility index (Phi) is 5.11. The molecule has 1 aliphatic carbocycles. The number of anilines is 2. The third-order valence-electron chi connectivity index (χ3n) is 5.90. The van der Waals surface area contributed by atoms with E-state index in [-0.39, 0.29) is 30.3 Å². The fraction of sp³-hybridized carbons (Fsp3) is 0.450. The van der Waals surface area contributed by atoms with Crippen LogP contribution in [0.4, 0.5) is 16.4 Å². The predicted octanol–water partition coefficient (Wildman–Crippen LogP) is 1.67. The lowest BCUT2D eigenvalue weighted by molar-refractivity contribution is -0.118. The highest BCUT2D eigenvalue weighted by Crippen LogP contribution is 2.30. The molecule has 162 valence electrons. The number of rotatable bonds is 5. The molecule has 1 saturated heterocycles. The molecule has 2 atom stereocenters. The van der Waals surface area contributed by atoms with E-state index < -0.39 is 6.09 Å². The highest BCUT2D eigenvalue weighted by Gasteiger charge is 2.35. The van der Waals surface area contributed by atoms with Crippen LogP contribution in [0.3, 0.4) is 0 Å². The highest BCUT2D eigenvalue weighted by molar-refractivity contribution is 6.30. The summed E-state index contributed by atoms with van der Waals surface area (Å²) in [5, 5.41) is 3.18. The van der Waals surface area contributed by atoms with E-state index in [9.17, 15) is 9.59 Å². The van der Waals surface area contributed by atoms with E-state index in [4.69, 9.17) is 21.1 Å². The number of ether oxygens (including phenoxy) is 2. The first kappa shape index (κ1) is 20.0. The van der Waals surface area contributed by atoms with Crippen molar-refractivity contribution in [2.75, 3.05) is 37.0 Å². The van der Waals surface area contributed by atoms with E-state index in [2.05, 4.69) is 32.2 Å². The Labute approximate surface area is 183 Å². The lowest BCUT2D eigenvalue weighted by Crippen LogP contribution is -2.35. The number of fused-ring (bicyclic) bond motifs is 2. The van der Waals surface area contributed by atoms with Crippen LogP contribution in [0.15, 0.2) is 18.5 Å². The monoisotopic (exact) mass is 444 g/mol. The van der Waals surface area contributed by atoms with Crippen LogP contribution >= 0.6 is 11.6 Å². The van der Waals surface area contributed by atoms with Crippen molar-refractivity contribution >= 4 is 35.2 Å². The number of halogens is 1. The Morgan fingerprint density at radius 1 is 1.32 bits per heavy atom. The number of amides is 2. The lowest BCUT2D eigenvalue weighted by atomic mass is 10.1. The maximum Gasteiger partial charge on any atom is 0.415 e. The third kappa shape index (κ3) is 3.88. The van der Waals surface area contributed by atoms with Gasteiger partial charge in [0.05, 0.1) is 12.7 Å². The van der Waals surface area contributed by atoms with Crippen LogP contribution in [-0.2, 0) is 22.4 Å². The molecule has 2 unspecified atom stereocenters. The number of nitrogens with one attached hydrogen (secondary N) is 1. The van der Waals surface area contributed by atoms with E-state index in [1.165, 1.54) is 16.7 Å². The van der Waals surface area contributed by atoms with E-state index in [0.717, 1.165) is 24.9 Å². The van der Waals surface area contributed by atoms with Crippen LogP contribution in [0.25, 0.3) is 0 Å². The molecule has 0 spiro atoms. The summed E-state index contributed by atoms with van der Waals surface area (Å²) in [4.78, 5) is 40.2. The third-order valence-corrected chi connectivity index (χ3v) is 6.22. The molecule has 1 fully saturated rings. The molecule has 4 heterocycles. The minimum absolute atomic E-state index is 0.100. The molecule has 1 N–H and O–H groups in total. The van der Waals surface area contributed by atoms with Gasteiger partial charge >= 0.3 is 6.09 Å². The van der Waals surface area contributed by atoms with E-state index >= 15 is 0 Å². The van der Waals surface area contributed by atoms with Gasteiger partial charge in [0.1, 0.15) is 11.3 Å². The fourth-order valence-electron chi connectivity index (χ4n) is 4.16. The molecule has 5 rings (SSSR count). The van der Waals surface area contributed by atoms with Gasteiger partial charge < -0.3 is 19.7 Å². The van der Waals surface area contributed by atoms with Crippen molar-refractivity contribution in [3.05, 3.63) is 34.7 Å². The van der Waals surface area contributed by atoms with Crippen LogP contribution in [-0.4, -0.2) is 70.7 Å². The van der Waals surface area contributed by atoms with Crippen molar-refractivity contribution < 1.29 is 19.1 Å². The van der Waals surface area contributed by atoms with Crippen molar-refractivity contribution in [1.82, 2.24) is 19.9 Å². The Hall–Kier alpha value is -2.98. The Morgan fingerprint density at radius 2 is 2.19 bits per heavy atom. The van der Waals surface area contributed by atoms with Crippen LogP contribution in [0.2, 0.25) is 5.15 Å². The van der Waals surface area contributed by atoms with Gasteiger partial charge in [-0.05, 0) is 43.5 Å². The van der Waals surface area contributed by atoms with E-state index in [0.29, 0.717) is 30.0 Å². The topological polar surface area (TPSA) is 110 Å². The van der Waals surface area contributed by atoms with Gasteiger partial charge in [-0.2, -0.15) is 0 Å². The number of hydrogen-bond acceptors (Lipinski definition) is 8. The second-order valence-electron chi connectivity index (χ2n) is 7.91. The first-order chi connectivity index (χ1) is 15.0. The Morgan fingerprint density at radius 3 is 3.03 bits per heavy atom. The lowest BCUT2D eigenvalue weighted by Gasteiger charge is -2.25. The Balaban J connectivity index is 1.18. The van der Waals surface area contributed by atoms with Gasteiger partial charge in [0.2, 0.25) is 0 Å². The van der Waals surface area contributed by atoms with Gasteiger partial charge in [0.15, 0.2) is 18.2 Å². The van der Waals surface area contributed by atoms with Gasteiger partial charge in [-0.3, -0.25) is 9.69 Å². The average molecular weight is 445 g/mol. The summed E-state index contributed by atoms with van der Waals surface area (Å²) >= 11 is 6.23. The minimum atomic E-state index is -0.476. The van der Waals surface area contributed by atoms with Crippen LogP contribution in [0, 0.1) is 0 Å². The molecular weight excluding hydrogens is 424 g/mol. The smallest absolute Gasteiger partial charge is 0.415 e. The summed E-state index contributed by atoms with van der Waals surface area (Å²) in [6, 6.07) is 2.37. The molecule has 3 aliphatic rings. The van der Waals surface area contributed by atoms with Gasteiger partial charge in [0.25, 0.3) is 11.8 Å². The number of hydrogen-bond donors (Lipinski definition) is 1. The second-order valence-corrected chi connectivity index (χ2v) is 8.26. The van der Waals surface area contributed by atoms with Gasteiger partial charge in [-0.25, -0.2) is 19.7 Å². The van der Waals surface area contributed by atoms with E-state index in [1.807, 2.05) is 6.07 Å². The molecule has 2 amide bonds. The SMILES string of the molecule is CN(CCC1CN(c2cnc3c(n2)NC(=O)CO3)C(=O)O1)C1Cc2ccnc(Cl)c2C1. The van der Waals surface area contributed by atoms with Crippen LogP contribution < -0.4 is 15.0 Å². The number of carbonyl (C=O) groups excluding carboxylic acids is 2. The summed E-state index contributed by atoms with van der Waals surface area (Å²) in [6.45, 7) is 1.04. The minimum Gasteiger partial charge on any atom is -0.465 e. The summed E-state index contributed by atoms with van der Waals surface area (Å²) in [6.07, 6.45) is 4.95. The summed E-state index contributed by atoms with van der Waals surface area (Å²) in [5.41, 5.74) is 2.37. The molecule has 11 heteroatoms. The number of cyclic esters (lactones) is 1. The van der Waals surface area contributed by atoms with Crippen molar-refractivity contribution in [3.63, 3.8) is 0 Å². The first-order valence-electron chi connectivity index (χ1n) is 10.1. The zero-order chi connectivity index (χ0) is 21.5. The molecule has 0 saturated carbocycles. The van der Waals surface area contributed by atoms with Crippen molar-refractivity contribution in [1.29, 1.82) is 0 Å². The molecule has 0 aromatic carbocycles. The number of carbonyl (C=O) groups is 2. The van der Waals surface area contributed by atoms with Crippen LogP contribution in [0.1, 0.15) is 17.5 Å². The molecule has 10 nitrogen and oxygen atoms in total. The van der Waals surface area contributed by atoms with Crippen molar-refractivity contribution in [2.45, 2.75) is 31.4 Å².